The van der Waals surface area contributed by atoms with Crippen LogP contribution in [0.2, 0.25) is 0 Å². The molecule has 43 heavy (non-hydrogen) atoms. The summed E-state index contributed by atoms with van der Waals surface area (Å²) in [6, 6.07) is -0.511. The van der Waals surface area contributed by atoms with E-state index in [9.17, 15) is 9.90 Å². The zero-order valence-corrected chi connectivity index (χ0v) is 31.7. The Morgan fingerprint density at radius 2 is 1.47 bits per heavy atom. The number of nitrogens with two attached hydrogens (primary N) is 1. The number of hydrogen-bond acceptors (Lipinski definition) is 4. The van der Waals surface area contributed by atoms with Crippen molar-refractivity contribution in [3.05, 3.63) is 23.9 Å². The highest BCUT2D eigenvalue weighted by atomic mass is 16.5. The third kappa shape index (κ3) is 22.5. The third-order valence-electron chi connectivity index (χ3n) is 7.31. The molecule has 4 N–H and O–H groups in total. The zero-order chi connectivity index (χ0) is 34.7. The number of nitrogens with zero attached hydrogens (tertiary/aromatic N) is 1. The van der Waals surface area contributed by atoms with Crippen LogP contribution in [0.25, 0.3) is 0 Å². The summed E-state index contributed by atoms with van der Waals surface area (Å²) in [5.74, 6) is 1.66. The number of aliphatic hydroxyl groups is 1. The molecular formula is C37H75N3O3. The SMILES string of the molecule is CC.CC.CC(C)(O)CC(C)(C)C1CCCCC1.CC(C)C.COC1(C)C=CN=CC(C(C)(C)CC(C)(C)NC(N)=O)=C1. The first-order chi connectivity index (χ1) is 19.5. The van der Waals surface area contributed by atoms with Crippen molar-refractivity contribution in [2.45, 2.75) is 172 Å². The molecule has 0 saturated heterocycles. The predicted octanol–water partition coefficient (Wildman–Crippen LogP) is 10.2. The summed E-state index contributed by atoms with van der Waals surface area (Å²) in [5, 5.41) is 12.7. The smallest absolute Gasteiger partial charge is 0.312 e. The number of amides is 2. The molecule has 0 aromatic heterocycles. The van der Waals surface area contributed by atoms with Crippen molar-refractivity contribution in [2.24, 2.45) is 33.4 Å². The number of primary amides is 1. The Morgan fingerprint density at radius 3 is 1.86 bits per heavy atom. The first kappa shape index (κ1) is 45.8. The van der Waals surface area contributed by atoms with Crippen LogP contribution in [0.4, 0.5) is 4.79 Å². The Bertz CT molecular complexity index is 824. The van der Waals surface area contributed by atoms with Gasteiger partial charge in [-0.3, -0.25) is 4.99 Å². The lowest BCUT2D eigenvalue weighted by atomic mass is 9.67. The average molecular weight is 610 g/mol. The molecule has 1 aliphatic carbocycles. The molecule has 6 heteroatoms. The highest BCUT2D eigenvalue weighted by Gasteiger charge is 2.35. The summed E-state index contributed by atoms with van der Waals surface area (Å²) in [7, 11) is 1.68. The van der Waals surface area contributed by atoms with Crippen molar-refractivity contribution in [2.75, 3.05) is 7.11 Å². The van der Waals surface area contributed by atoms with Gasteiger partial charge in [0.25, 0.3) is 0 Å². The van der Waals surface area contributed by atoms with Gasteiger partial charge >= 0.3 is 6.03 Å². The molecular weight excluding hydrogens is 534 g/mol. The maximum Gasteiger partial charge on any atom is 0.312 e. The van der Waals surface area contributed by atoms with Crippen molar-refractivity contribution in [3.8, 4) is 0 Å². The van der Waals surface area contributed by atoms with E-state index in [1.54, 1.807) is 13.3 Å². The lowest BCUT2D eigenvalue weighted by Crippen LogP contribution is -2.48. The molecule has 1 fully saturated rings. The van der Waals surface area contributed by atoms with Gasteiger partial charge in [-0.15, -0.1) is 0 Å². The van der Waals surface area contributed by atoms with Gasteiger partial charge in [-0.05, 0) is 101 Å². The number of carbonyl (C=O) groups excluding carboxylic acids is 1. The normalized spacial score (nSPS) is 19.1. The van der Waals surface area contributed by atoms with Crippen molar-refractivity contribution in [1.82, 2.24) is 5.32 Å². The lowest BCUT2D eigenvalue weighted by molar-refractivity contribution is 0.00345. The standard InChI is InChI=1S/C16H27N3O2.C13H26O.C4H10.2C2H6/c1-14(2,11-15(3,4)19-13(17)20)12-9-16(5,21-6)7-8-18-10-12;1-12(2,10-13(3,4)14)11-8-6-5-7-9-11;1-4(2)3;2*1-2/h7-10H,11H2,1-6H3,(H3,17,19,20);11,14H,5-10H2,1-4H3;4H,1-3H3;2*1-2H3. The minimum Gasteiger partial charge on any atom is -0.390 e. The quantitative estimate of drug-likeness (QED) is 0.255. The molecule has 1 heterocycles. The van der Waals surface area contributed by atoms with E-state index in [1.807, 2.05) is 74.6 Å². The summed E-state index contributed by atoms with van der Waals surface area (Å²) in [6.45, 7) is 33.1. The highest BCUT2D eigenvalue weighted by molar-refractivity contribution is 5.82. The summed E-state index contributed by atoms with van der Waals surface area (Å²) in [4.78, 5) is 15.4. The molecule has 0 spiro atoms. The Hall–Kier alpha value is -1.66. The second-order valence-corrected chi connectivity index (χ2v) is 15.1. The molecule has 6 nitrogen and oxygen atoms in total. The Labute approximate surface area is 268 Å². The monoisotopic (exact) mass is 610 g/mol. The fourth-order valence-corrected chi connectivity index (χ4v) is 5.93. The van der Waals surface area contributed by atoms with Crippen molar-refractivity contribution >= 4 is 12.2 Å². The number of rotatable bonds is 8. The lowest BCUT2D eigenvalue weighted by Gasteiger charge is -2.40. The minimum absolute atomic E-state index is 0.193. The summed E-state index contributed by atoms with van der Waals surface area (Å²) >= 11 is 0. The fraction of sp³-hybridized carbons (Fsp3) is 0.838. The van der Waals surface area contributed by atoms with E-state index in [4.69, 9.17) is 10.5 Å². The number of hydrogen-bond donors (Lipinski definition) is 3. The average Bonchev–Trinajstić information content (AvgIpc) is 3.07. The van der Waals surface area contributed by atoms with E-state index in [2.05, 4.69) is 64.9 Å². The maximum absolute atomic E-state index is 11.1. The van der Waals surface area contributed by atoms with Gasteiger partial charge in [-0.25, -0.2) is 4.79 Å². The molecule has 0 aromatic carbocycles. The molecule has 1 saturated carbocycles. The number of ether oxygens (including phenoxy) is 1. The van der Waals surface area contributed by atoms with Crippen LogP contribution in [0.5, 0.6) is 0 Å². The number of carbonyl (C=O) groups is 1. The van der Waals surface area contributed by atoms with Gasteiger partial charge in [0, 0.05) is 25.1 Å². The largest absolute Gasteiger partial charge is 0.390 e. The summed E-state index contributed by atoms with van der Waals surface area (Å²) in [6.07, 6.45) is 16.1. The van der Waals surface area contributed by atoms with Crippen LogP contribution in [0, 0.1) is 22.7 Å². The second kappa shape index (κ2) is 21.1. The maximum atomic E-state index is 11.1. The van der Waals surface area contributed by atoms with E-state index in [0.717, 1.165) is 30.3 Å². The number of allylic oxidation sites excluding steroid dienone is 1. The van der Waals surface area contributed by atoms with Crippen LogP contribution in [-0.4, -0.2) is 41.2 Å². The predicted molar refractivity (Wildman–Crippen MR) is 191 cm³/mol. The van der Waals surface area contributed by atoms with Gasteiger partial charge in [0.1, 0.15) is 5.60 Å². The molecule has 256 valence electrons. The molecule has 0 radical (unpaired) electrons. The highest BCUT2D eigenvalue weighted by Crippen LogP contribution is 2.43. The molecule has 1 aliphatic heterocycles. The number of aliphatic imine (C=N–C) groups is 1. The number of methoxy groups -OCH3 is 1. The first-order valence-electron chi connectivity index (χ1n) is 16.8. The summed E-state index contributed by atoms with van der Waals surface area (Å²) in [5.41, 5.74) is 5.02. The Morgan fingerprint density at radius 1 is 1.00 bits per heavy atom. The van der Waals surface area contributed by atoms with Gasteiger partial charge in [0.2, 0.25) is 0 Å². The summed E-state index contributed by atoms with van der Waals surface area (Å²) < 4.78 is 5.55. The van der Waals surface area contributed by atoms with E-state index >= 15 is 0 Å². The number of urea groups is 1. The van der Waals surface area contributed by atoms with Gasteiger partial charge in [0.05, 0.1) is 5.60 Å². The van der Waals surface area contributed by atoms with Gasteiger partial charge in [-0.1, -0.05) is 95.4 Å². The van der Waals surface area contributed by atoms with Crippen LogP contribution >= 0.6 is 0 Å². The zero-order valence-electron chi connectivity index (χ0n) is 31.7. The molecule has 2 aliphatic rings. The Balaban J connectivity index is -0.000000625. The van der Waals surface area contributed by atoms with Crippen molar-refractivity contribution < 1.29 is 14.6 Å². The van der Waals surface area contributed by atoms with Crippen LogP contribution in [0.1, 0.15) is 156 Å². The first-order valence-corrected chi connectivity index (χ1v) is 16.8. The van der Waals surface area contributed by atoms with E-state index in [1.165, 1.54) is 32.1 Å². The molecule has 2 rings (SSSR count). The second-order valence-electron chi connectivity index (χ2n) is 15.1. The fourth-order valence-electron chi connectivity index (χ4n) is 5.93. The van der Waals surface area contributed by atoms with E-state index in [-0.39, 0.29) is 5.41 Å². The number of nitrogens with one attached hydrogen (secondary N) is 1. The van der Waals surface area contributed by atoms with Crippen LogP contribution < -0.4 is 11.1 Å². The van der Waals surface area contributed by atoms with Gasteiger partial charge in [-0.2, -0.15) is 0 Å². The molecule has 2 amide bonds. The topological polar surface area (TPSA) is 96.9 Å². The van der Waals surface area contributed by atoms with Crippen molar-refractivity contribution in [1.29, 1.82) is 0 Å². The molecule has 0 bridgehead atoms. The van der Waals surface area contributed by atoms with Crippen LogP contribution in [-0.2, 0) is 4.74 Å². The third-order valence-corrected chi connectivity index (χ3v) is 7.31. The van der Waals surface area contributed by atoms with E-state index < -0.39 is 22.8 Å². The van der Waals surface area contributed by atoms with Gasteiger partial charge in [0.15, 0.2) is 0 Å². The Kier molecular flexibility index (Phi) is 22.5. The molecule has 1 unspecified atom stereocenters. The minimum atomic E-state index is -0.513. The van der Waals surface area contributed by atoms with Crippen LogP contribution in [0.15, 0.2) is 28.9 Å². The van der Waals surface area contributed by atoms with Gasteiger partial charge < -0.3 is 20.9 Å². The molecule has 1 atom stereocenters. The van der Waals surface area contributed by atoms with E-state index in [0.29, 0.717) is 5.41 Å². The van der Waals surface area contributed by atoms with Crippen LogP contribution in [0.3, 0.4) is 0 Å². The van der Waals surface area contributed by atoms with Crippen molar-refractivity contribution in [3.63, 3.8) is 0 Å². The molecule has 0 aromatic rings.